The molecule has 10 heavy (non-hydrogen) atoms. The molecule has 0 aliphatic rings. The second-order valence-electron chi connectivity index (χ2n) is 1.52. The lowest BCUT2D eigenvalue weighted by molar-refractivity contribution is 0.558. The van der Waals surface area contributed by atoms with E-state index in [0.717, 1.165) is 0 Å². The van der Waals surface area contributed by atoms with Gasteiger partial charge in [-0.05, 0) is 23.7 Å². The third-order valence-electron chi connectivity index (χ3n) is 0.839. The first kappa shape index (κ1) is 9.33. The van der Waals surface area contributed by atoms with Gasteiger partial charge in [0.25, 0.3) is 0 Å². The second-order valence-corrected chi connectivity index (χ2v) is 1.89. The largest absolute Gasteiger partial charge is 0.441 e. The van der Waals surface area contributed by atoms with Gasteiger partial charge in [-0.15, -0.1) is 12.4 Å². The van der Waals surface area contributed by atoms with Gasteiger partial charge in [0.2, 0.25) is 0 Å². The molecule has 0 atom stereocenters. The molecule has 0 spiro atoms. The normalized spacial score (nSPS) is 8.50. The van der Waals surface area contributed by atoms with Crippen LogP contribution in [0.25, 0.3) is 0 Å². The van der Waals surface area contributed by atoms with Crippen LogP contribution in [-0.2, 0) is 0 Å². The van der Waals surface area contributed by atoms with E-state index in [0.29, 0.717) is 5.76 Å². The Balaban J connectivity index is 0.000000810. The van der Waals surface area contributed by atoms with Gasteiger partial charge < -0.3 is 10.2 Å². The van der Waals surface area contributed by atoms with E-state index >= 15 is 0 Å². The molecular formula is C5H6Cl2N2O. The van der Waals surface area contributed by atoms with Crippen molar-refractivity contribution in [1.82, 2.24) is 0 Å². The lowest BCUT2D eigenvalue weighted by Crippen LogP contribution is -2.09. The fraction of sp³-hybridized carbons (Fsp3) is 0. The first-order valence-electron chi connectivity index (χ1n) is 2.30. The summed E-state index contributed by atoms with van der Waals surface area (Å²) in [5.41, 5.74) is 5.06. The van der Waals surface area contributed by atoms with Gasteiger partial charge in [0, 0.05) is 0 Å². The predicted molar refractivity (Wildman–Crippen MR) is 42.0 cm³/mol. The molecule has 0 aliphatic carbocycles. The van der Waals surface area contributed by atoms with Crippen LogP contribution in [0, 0.1) is 5.41 Å². The zero-order chi connectivity index (χ0) is 6.85. The van der Waals surface area contributed by atoms with Crippen molar-refractivity contribution in [2.24, 2.45) is 5.73 Å². The predicted octanol–water partition coefficient (Wildman–Crippen LogP) is 1.64. The fourth-order valence-electron chi connectivity index (χ4n) is 0.459. The van der Waals surface area contributed by atoms with Crippen LogP contribution in [0.1, 0.15) is 5.76 Å². The highest BCUT2D eigenvalue weighted by Gasteiger charge is 1.99. The summed E-state index contributed by atoms with van der Waals surface area (Å²) in [6, 6.07) is 3.09. The van der Waals surface area contributed by atoms with E-state index in [1.165, 1.54) is 6.07 Å². The van der Waals surface area contributed by atoms with Crippen molar-refractivity contribution >= 4 is 29.8 Å². The summed E-state index contributed by atoms with van der Waals surface area (Å²) in [6.07, 6.45) is 0. The summed E-state index contributed by atoms with van der Waals surface area (Å²) in [4.78, 5) is 0. The van der Waals surface area contributed by atoms with Crippen molar-refractivity contribution in [2.45, 2.75) is 0 Å². The molecule has 3 N–H and O–H groups in total. The van der Waals surface area contributed by atoms with Crippen molar-refractivity contribution in [2.75, 3.05) is 0 Å². The first-order chi connectivity index (χ1) is 4.20. The van der Waals surface area contributed by atoms with E-state index < -0.39 is 0 Å². The Bertz CT molecular complexity index is 233. The Hall–Kier alpha value is -0.670. The third-order valence-corrected chi connectivity index (χ3v) is 1.04. The van der Waals surface area contributed by atoms with Crippen molar-refractivity contribution in [3.05, 3.63) is 23.1 Å². The maximum absolute atomic E-state index is 6.87. The van der Waals surface area contributed by atoms with Crippen LogP contribution >= 0.6 is 24.0 Å². The van der Waals surface area contributed by atoms with Gasteiger partial charge in [-0.1, -0.05) is 0 Å². The standard InChI is InChI=1S/C5H5ClN2O.ClH/c6-4-2-1-3(9-4)5(7)8;/h1-2H,(H3,7,8);1H. The van der Waals surface area contributed by atoms with Gasteiger partial charge >= 0.3 is 0 Å². The number of amidine groups is 1. The highest BCUT2D eigenvalue weighted by molar-refractivity contribution is 6.29. The fourth-order valence-corrected chi connectivity index (χ4v) is 0.605. The number of hydrogen-bond acceptors (Lipinski definition) is 2. The quantitative estimate of drug-likeness (QED) is 0.510. The molecular weight excluding hydrogens is 175 g/mol. The smallest absolute Gasteiger partial charge is 0.194 e. The molecule has 0 aromatic carbocycles. The molecule has 0 bridgehead atoms. The molecule has 56 valence electrons. The topological polar surface area (TPSA) is 63.0 Å². The highest BCUT2D eigenvalue weighted by Crippen LogP contribution is 2.11. The SMILES string of the molecule is Cl.N=C(N)c1ccc(Cl)o1. The number of nitrogen functional groups attached to an aromatic ring is 1. The minimum Gasteiger partial charge on any atom is -0.441 e. The highest BCUT2D eigenvalue weighted by atomic mass is 35.5. The van der Waals surface area contributed by atoms with E-state index in [4.69, 9.17) is 27.2 Å². The average molecular weight is 181 g/mol. The zero-order valence-electron chi connectivity index (χ0n) is 4.93. The molecule has 1 aromatic rings. The van der Waals surface area contributed by atoms with Crippen LogP contribution in [0.3, 0.4) is 0 Å². The molecule has 0 radical (unpaired) electrons. The van der Waals surface area contributed by atoms with Crippen LogP contribution in [0.5, 0.6) is 0 Å². The summed E-state index contributed by atoms with van der Waals surface area (Å²) in [5.74, 6) is 0.196. The van der Waals surface area contributed by atoms with E-state index in [1.807, 2.05) is 0 Å². The Labute approximate surface area is 69.1 Å². The van der Waals surface area contributed by atoms with E-state index in [2.05, 4.69) is 0 Å². The minimum absolute atomic E-state index is 0. The number of halogens is 2. The van der Waals surface area contributed by atoms with Crippen LogP contribution < -0.4 is 5.73 Å². The van der Waals surface area contributed by atoms with Gasteiger partial charge in [-0.3, -0.25) is 5.41 Å². The average Bonchev–Trinajstić information content (AvgIpc) is 2.14. The molecule has 0 saturated heterocycles. The van der Waals surface area contributed by atoms with Crippen LogP contribution in [0.15, 0.2) is 16.5 Å². The van der Waals surface area contributed by atoms with Crippen molar-refractivity contribution in [3.63, 3.8) is 0 Å². The maximum atomic E-state index is 6.87. The van der Waals surface area contributed by atoms with Gasteiger partial charge in [0.15, 0.2) is 16.8 Å². The van der Waals surface area contributed by atoms with Crippen LogP contribution in [-0.4, -0.2) is 5.84 Å². The summed E-state index contributed by atoms with van der Waals surface area (Å²) in [6.45, 7) is 0. The third kappa shape index (κ3) is 1.93. The molecule has 1 heterocycles. The van der Waals surface area contributed by atoms with Crippen molar-refractivity contribution in [1.29, 1.82) is 5.41 Å². The van der Waals surface area contributed by atoms with Gasteiger partial charge in [0.05, 0.1) is 0 Å². The number of rotatable bonds is 1. The number of nitrogens with one attached hydrogen (secondary N) is 1. The van der Waals surface area contributed by atoms with Gasteiger partial charge in [-0.2, -0.15) is 0 Å². The Morgan fingerprint density at radius 2 is 2.20 bits per heavy atom. The summed E-state index contributed by atoms with van der Waals surface area (Å²) < 4.78 is 4.76. The summed E-state index contributed by atoms with van der Waals surface area (Å²) >= 11 is 5.39. The van der Waals surface area contributed by atoms with Gasteiger partial charge in [-0.25, -0.2) is 0 Å². The molecule has 5 heteroatoms. The van der Waals surface area contributed by atoms with E-state index in [-0.39, 0.29) is 23.5 Å². The van der Waals surface area contributed by atoms with Crippen LogP contribution in [0.4, 0.5) is 0 Å². The Kier molecular flexibility index (Phi) is 3.25. The number of nitrogens with two attached hydrogens (primary N) is 1. The van der Waals surface area contributed by atoms with Gasteiger partial charge in [0.1, 0.15) is 0 Å². The first-order valence-corrected chi connectivity index (χ1v) is 2.67. The van der Waals surface area contributed by atoms with E-state index in [9.17, 15) is 0 Å². The Morgan fingerprint density at radius 3 is 2.40 bits per heavy atom. The molecule has 0 amide bonds. The molecule has 1 aromatic heterocycles. The number of furan rings is 1. The summed E-state index contributed by atoms with van der Waals surface area (Å²) in [7, 11) is 0. The van der Waals surface area contributed by atoms with E-state index in [1.54, 1.807) is 6.07 Å². The molecule has 1 rings (SSSR count). The van der Waals surface area contributed by atoms with Crippen LogP contribution in [0.2, 0.25) is 5.22 Å². The van der Waals surface area contributed by atoms with Crippen molar-refractivity contribution in [3.8, 4) is 0 Å². The Morgan fingerprint density at radius 1 is 1.60 bits per heavy atom. The second kappa shape index (κ2) is 3.49. The van der Waals surface area contributed by atoms with Crippen molar-refractivity contribution < 1.29 is 4.42 Å². The lowest BCUT2D eigenvalue weighted by atomic mass is 10.4. The molecule has 0 unspecified atom stereocenters. The molecule has 0 aliphatic heterocycles. The molecule has 0 saturated carbocycles. The monoisotopic (exact) mass is 180 g/mol. The molecule has 0 fully saturated rings. The molecule has 3 nitrogen and oxygen atoms in total. The number of hydrogen-bond donors (Lipinski definition) is 2. The minimum atomic E-state index is -0.109. The summed E-state index contributed by atoms with van der Waals surface area (Å²) in [5, 5.41) is 7.12. The zero-order valence-corrected chi connectivity index (χ0v) is 6.50. The maximum Gasteiger partial charge on any atom is 0.194 e. The lowest BCUT2D eigenvalue weighted by Gasteiger charge is -1.86.